The summed E-state index contributed by atoms with van der Waals surface area (Å²) in [6.07, 6.45) is 2.33. The molecule has 3 heteroatoms. The minimum atomic E-state index is -0.303. The van der Waals surface area contributed by atoms with Gasteiger partial charge in [0.25, 0.3) is 0 Å². The minimum Gasteiger partial charge on any atom is -0.393 e. The molecule has 0 spiro atoms. The Hall–Kier alpha value is -1.35. The van der Waals surface area contributed by atoms with Crippen molar-refractivity contribution in [2.75, 3.05) is 0 Å². The fraction of sp³-hybridized carbons (Fsp3) is 0.333. The van der Waals surface area contributed by atoms with Crippen LogP contribution in [0, 0.1) is 5.82 Å². The highest BCUT2D eigenvalue weighted by Gasteiger charge is 2.03. The second-order valence-corrected chi connectivity index (χ2v) is 3.85. The van der Waals surface area contributed by atoms with Crippen LogP contribution in [0.5, 0.6) is 0 Å². The molecule has 1 atom stereocenters. The molecule has 0 aliphatic carbocycles. The molecule has 0 aliphatic heterocycles. The van der Waals surface area contributed by atoms with Crippen LogP contribution < -0.4 is 0 Å². The molecule has 1 aromatic heterocycles. The lowest BCUT2D eigenvalue weighted by molar-refractivity contribution is 0.178. The lowest BCUT2D eigenvalue weighted by atomic mass is 10.2. The van der Waals surface area contributed by atoms with Gasteiger partial charge in [0.2, 0.25) is 0 Å². The van der Waals surface area contributed by atoms with Crippen molar-refractivity contribution in [1.29, 1.82) is 0 Å². The fourth-order valence-electron chi connectivity index (χ4n) is 1.69. The van der Waals surface area contributed by atoms with Gasteiger partial charge in [-0.1, -0.05) is 0 Å². The molecule has 2 aromatic rings. The third-order valence-corrected chi connectivity index (χ3v) is 2.52. The molecule has 15 heavy (non-hydrogen) atoms. The zero-order valence-corrected chi connectivity index (χ0v) is 8.65. The minimum absolute atomic E-state index is 0.212. The average Bonchev–Trinajstić information content (AvgIpc) is 2.57. The third-order valence-electron chi connectivity index (χ3n) is 2.52. The van der Waals surface area contributed by atoms with Gasteiger partial charge in [-0.25, -0.2) is 4.39 Å². The first-order valence-corrected chi connectivity index (χ1v) is 5.09. The van der Waals surface area contributed by atoms with Crippen LogP contribution in [-0.4, -0.2) is 15.8 Å². The molecule has 0 bridgehead atoms. The van der Waals surface area contributed by atoms with Crippen LogP contribution in [0.4, 0.5) is 4.39 Å². The number of nitrogens with zero attached hydrogens (tertiary/aromatic N) is 1. The summed E-state index contributed by atoms with van der Waals surface area (Å²) in [5.74, 6) is -0.212. The van der Waals surface area contributed by atoms with E-state index in [0.29, 0.717) is 6.42 Å². The third kappa shape index (κ3) is 2.18. The van der Waals surface area contributed by atoms with E-state index in [-0.39, 0.29) is 11.9 Å². The SMILES string of the molecule is CC(O)CCn1ccc2cc(F)ccc21. The summed E-state index contributed by atoms with van der Waals surface area (Å²) < 4.78 is 14.9. The van der Waals surface area contributed by atoms with Gasteiger partial charge in [-0.3, -0.25) is 0 Å². The van der Waals surface area contributed by atoms with Crippen molar-refractivity contribution in [2.24, 2.45) is 0 Å². The van der Waals surface area contributed by atoms with E-state index in [1.54, 1.807) is 13.0 Å². The zero-order valence-electron chi connectivity index (χ0n) is 8.65. The summed E-state index contributed by atoms with van der Waals surface area (Å²) in [5, 5.41) is 10.1. The Bertz CT molecular complexity index is 462. The van der Waals surface area contributed by atoms with E-state index in [4.69, 9.17) is 0 Å². The number of hydrogen-bond donors (Lipinski definition) is 1. The van der Waals surface area contributed by atoms with Gasteiger partial charge in [-0.05, 0) is 37.6 Å². The van der Waals surface area contributed by atoms with E-state index < -0.39 is 0 Å². The van der Waals surface area contributed by atoms with Crippen molar-refractivity contribution in [1.82, 2.24) is 4.57 Å². The Kier molecular flexibility index (Phi) is 2.73. The van der Waals surface area contributed by atoms with Crippen LogP contribution in [0.3, 0.4) is 0 Å². The summed E-state index contributed by atoms with van der Waals surface area (Å²) in [6, 6.07) is 6.64. The molecule has 1 N–H and O–H groups in total. The largest absolute Gasteiger partial charge is 0.393 e. The fourth-order valence-corrected chi connectivity index (χ4v) is 1.69. The molecule has 0 saturated carbocycles. The van der Waals surface area contributed by atoms with Crippen molar-refractivity contribution in [3.05, 3.63) is 36.3 Å². The zero-order chi connectivity index (χ0) is 10.8. The Morgan fingerprint density at radius 3 is 2.93 bits per heavy atom. The quantitative estimate of drug-likeness (QED) is 0.822. The second kappa shape index (κ2) is 4.03. The first-order valence-electron chi connectivity index (χ1n) is 5.09. The van der Waals surface area contributed by atoms with Crippen LogP contribution in [0.2, 0.25) is 0 Å². The Balaban J connectivity index is 2.29. The maximum absolute atomic E-state index is 12.9. The van der Waals surface area contributed by atoms with Crippen molar-refractivity contribution >= 4 is 10.9 Å². The average molecular weight is 207 g/mol. The van der Waals surface area contributed by atoms with Gasteiger partial charge < -0.3 is 9.67 Å². The van der Waals surface area contributed by atoms with Crippen molar-refractivity contribution in [3.8, 4) is 0 Å². The van der Waals surface area contributed by atoms with Gasteiger partial charge in [0, 0.05) is 23.6 Å². The predicted molar refractivity (Wildman–Crippen MR) is 58.2 cm³/mol. The number of hydrogen-bond acceptors (Lipinski definition) is 1. The van der Waals surface area contributed by atoms with Crippen LogP contribution in [-0.2, 0) is 6.54 Å². The number of aromatic nitrogens is 1. The number of halogens is 1. The van der Waals surface area contributed by atoms with Crippen molar-refractivity contribution in [3.63, 3.8) is 0 Å². The number of rotatable bonds is 3. The molecule has 0 saturated heterocycles. The van der Waals surface area contributed by atoms with Crippen molar-refractivity contribution < 1.29 is 9.50 Å². The highest BCUT2D eigenvalue weighted by molar-refractivity contribution is 5.80. The first-order chi connectivity index (χ1) is 7.16. The van der Waals surface area contributed by atoms with Crippen LogP contribution in [0.15, 0.2) is 30.5 Å². The van der Waals surface area contributed by atoms with Gasteiger partial charge in [0.1, 0.15) is 5.82 Å². The van der Waals surface area contributed by atoms with Gasteiger partial charge in [-0.2, -0.15) is 0 Å². The van der Waals surface area contributed by atoms with E-state index >= 15 is 0 Å². The smallest absolute Gasteiger partial charge is 0.123 e. The number of aryl methyl sites for hydroxylation is 1. The maximum Gasteiger partial charge on any atom is 0.123 e. The number of aliphatic hydroxyl groups is 1. The van der Waals surface area contributed by atoms with E-state index in [1.165, 1.54) is 12.1 Å². The normalized spacial score (nSPS) is 13.3. The Labute approximate surface area is 88.0 Å². The molecule has 80 valence electrons. The molecule has 0 amide bonds. The van der Waals surface area contributed by atoms with Gasteiger partial charge >= 0.3 is 0 Å². The molecule has 2 rings (SSSR count). The molecular formula is C12H14FNO. The second-order valence-electron chi connectivity index (χ2n) is 3.85. The number of benzene rings is 1. The molecular weight excluding hydrogens is 193 g/mol. The topological polar surface area (TPSA) is 25.2 Å². The van der Waals surface area contributed by atoms with Crippen molar-refractivity contribution in [2.45, 2.75) is 26.0 Å². The maximum atomic E-state index is 12.9. The van der Waals surface area contributed by atoms with E-state index in [9.17, 15) is 9.50 Å². The Morgan fingerprint density at radius 1 is 1.40 bits per heavy atom. The first kappa shape index (κ1) is 10.2. The standard InChI is InChI=1S/C12H14FNO/c1-9(15)4-6-14-7-5-10-8-11(13)2-3-12(10)14/h2-3,5,7-9,15H,4,6H2,1H3. The van der Waals surface area contributed by atoms with E-state index in [0.717, 1.165) is 17.4 Å². The van der Waals surface area contributed by atoms with E-state index in [2.05, 4.69) is 0 Å². The summed E-state index contributed by atoms with van der Waals surface area (Å²) >= 11 is 0. The highest BCUT2D eigenvalue weighted by atomic mass is 19.1. The van der Waals surface area contributed by atoms with E-state index in [1.807, 2.05) is 16.8 Å². The molecule has 0 aliphatic rings. The summed E-state index contributed by atoms with van der Waals surface area (Å²) in [6.45, 7) is 2.53. The summed E-state index contributed by atoms with van der Waals surface area (Å²) in [7, 11) is 0. The molecule has 1 unspecified atom stereocenters. The number of aliphatic hydroxyl groups excluding tert-OH is 1. The van der Waals surface area contributed by atoms with Gasteiger partial charge in [0.05, 0.1) is 6.10 Å². The molecule has 0 radical (unpaired) electrons. The summed E-state index contributed by atoms with van der Waals surface area (Å²) in [5.41, 5.74) is 1.01. The van der Waals surface area contributed by atoms with Crippen LogP contribution in [0.25, 0.3) is 10.9 Å². The van der Waals surface area contributed by atoms with Gasteiger partial charge in [0.15, 0.2) is 0 Å². The Morgan fingerprint density at radius 2 is 2.20 bits per heavy atom. The monoisotopic (exact) mass is 207 g/mol. The number of fused-ring (bicyclic) bond motifs is 1. The highest BCUT2D eigenvalue weighted by Crippen LogP contribution is 2.17. The molecule has 0 fully saturated rings. The molecule has 1 heterocycles. The lowest BCUT2D eigenvalue weighted by Crippen LogP contribution is -2.05. The predicted octanol–water partition coefficient (Wildman–Crippen LogP) is 2.55. The molecule has 1 aromatic carbocycles. The van der Waals surface area contributed by atoms with Gasteiger partial charge in [-0.15, -0.1) is 0 Å². The molecule has 2 nitrogen and oxygen atoms in total. The lowest BCUT2D eigenvalue weighted by Gasteiger charge is -2.07. The van der Waals surface area contributed by atoms with Crippen LogP contribution >= 0.6 is 0 Å². The summed E-state index contributed by atoms with van der Waals surface area (Å²) in [4.78, 5) is 0. The van der Waals surface area contributed by atoms with Crippen LogP contribution in [0.1, 0.15) is 13.3 Å².